The van der Waals surface area contributed by atoms with Gasteiger partial charge in [0.2, 0.25) is 0 Å². The molecule has 156 valence electrons. The number of nitrogens with zero attached hydrogens (tertiary/aromatic N) is 3. The van der Waals surface area contributed by atoms with Crippen molar-refractivity contribution < 1.29 is 14.5 Å². The molecule has 1 unspecified atom stereocenters. The van der Waals surface area contributed by atoms with Gasteiger partial charge in [0.25, 0.3) is 11.6 Å². The number of rotatable bonds is 7. The normalized spacial score (nSPS) is 16.2. The molecule has 0 spiro atoms. The van der Waals surface area contributed by atoms with Crippen molar-refractivity contribution in [2.75, 3.05) is 19.7 Å². The molecule has 9 heteroatoms. The Labute approximate surface area is 175 Å². The zero-order valence-electron chi connectivity index (χ0n) is 16.0. The van der Waals surface area contributed by atoms with Gasteiger partial charge in [0, 0.05) is 24.4 Å². The van der Waals surface area contributed by atoms with Crippen molar-refractivity contribution in [2.24, 2.45) is 0 Å². The van der Waals surface area contributed by atoms with Gasteiger partial charge in [-0.2, -0.15) is 0 Å². The van der Waals surface area contributed by atoms with E-state index in [0.717, 1.165) is 38.0 Å². The fourth-order valence-corrected chi connectivity index (χ4v) is 3.29. The Kier molecular flexibility index (Phi) is 8.82. The average Bonchev–Trinajstić information content (AvgIpc) is 3.00. The van der Waals surface area contributed by atoms with Crippen molar-refractivity contribution in [3.8, 4) is 5.75 Å². The minimum atomic E-state index is -0.469. The second-order valence-electron chi connectivity index (χ2n) is 6.72. The summed E-state index contributed by atoms with van der Waals surface area (Å²) >= 11 is 0. The summed E-state index contributed by atoms with van der Waals surface area (Å²) in [6.45, 7) is 2.16. The summed E-state index contributed by atoms with van der Waals surface area (Å²) in [7, 11) is 0. The number of non-ortho nitro benzene ring substituents is 1. The Morgan fingerprint density at radius 3 is 2.69 bits per heavy atom. The quantitative estimate of drug-likeness (QED) is 0.546. The topological polar surface area (TPSA) is 97.6 Å². The third kappa shape index (κ3) is 6.69. The predicted octanol–water partition coefficient (Wildman–Crippen LogP) is 2.96. The number of hydrogen-bond donors (Lipinski definition) is 1. The number of hydrogen-bond acceptors (Lipinski definition) is 6. The number of nitrogens with one attached hydrogen (secondary N) is 1. The van der Waals surface area contributed by atoms with E-state index in [9.17, 15) is 14.9 Å². The van der Waals surface area contributed by atoms with Gasteiger partial charge in [0.1, 0.15) is 5.75 Å². The monoisotopic (exact) mass is 420 g/mol. The van der Waals surface area contributed by atoms with E-state index in [-0.39, 0.29) is 36.7 Å². The van der Waals surface area contributed by atoms with Gasteiger partial charge in [-0.25, -0.2) is 0 Å². The lowest BCUT2D eigenvalue weighted by atomic mass is 10.1. The van der Waals surface area contributed by atoms with Crippen LogP contribution in [0.4, 0.5) is 5.69 Å². The molecule has 0 aliphatic carbocycles. The number of ether oxygens (including phenoxy) is 1. The van der Waals surface area contributed by atoms with E-state index in [1.165, 1.54) is 24.3 Å². The third-order valence-corrected chi connectivity index (χ3v) is 4.77. The summed E-state index contributed by atoms with van der Waals surface area (Å²) in [6, 6.07) is 11.5. The van der Waals surface area contributed by atoms with Crippen LogP contribution in [-0.4, -0.2) is 46.5 Å². The first kappa shape index (κ1) is 22.6. The first-order chi connectivity index (χ1) is 13.6. The summed E-state index contributed by atoms with van der Waals surface area (Å²) in [5.41, 5.74) is 0.824. The number of pyridine rings is 1. The van der Waals surface area contributed by atoms with E-state index in [1.807, 2.05) is 23.1 Å². The van der Waals surface area contributed by atoms with Crippen molar-refractivity contribution >= 4 is 24.0 Å². The summed E-state index contributed by atoms with van der Waals surface area (Å²) in [5, 5.41) is 14.1. The fourth-order valence-electron chi connectivity index (χ4n) is 3.29. The van der Waals surface area contributed by atoms with Crippen LogP contribution in [0.5, 0.6) is 5.75 Å². The van der Waals surface area contributed by atoms with Crippen LogP contribution < -0.4 is 10.1 Å². The van der Waals surface area contributed by atoms with E-state index >= 15 is 0 Å². The molecule has 0 radical (unpaired) electrons. The van der Waals surface area contributed by atoms with E-state index in [0.29, 0.717) is 12.3 Å². The minimum absolute atomic E-state index is 0. The first-order valence-electron chi connectivity index (χ1n) is 9.41. The standard InChI is InChI=1S/C20H24N4O4.ClH/c25-20(15-28-19-8-6-18(7-9-19)24(26)27)23(14-16-4-1-2-12-22-16)17-5-3-11-21-13-10-17;/h1-2,4,6-9,12,17,21H,3,5,10-11,13-15H2;1H. The smallest absolute Gasteiger partial charge is 0.269 e. The van der Waals surface area contributed by atoms with Crippen LogP contribution in [0.1, 0.15) is 25.0 Å². The molecule has 0 bridgehead atoms. The zero-order chi connectivity index (χ0) is 19.8. The van der Waals surface area contributed by atoms with Gasteiger partial charge in [-0.1, -0.05) is 6.07 Å². The number of nitro groups is 1. The van der Waals surface area contributed by atoms with Crippen molar-refractivity contribution in [3.05, 3.63) is 64.5 Å². The third-order valence-electron chi connectivity index (χ3n) is 4.77. The lowest BCUT2D eigenvalue weighted by Gasteiger charge is -2.31. The molecule has 1 aromatic carbocycles. The van der Waals surface area contributed by atoms with Gasteiger partial charge >= 0.3 is 0 Å². The molecule has 1 aliphatic rings. The van der Waals surface area contributed by atoms with Crippen molar-refractivity contribution in [1.82, 2.24) is 15.2 Å². The first-order valence-corrected chi connectivity index (χ1v) is 9.41. The minimum Gasteiger partial charge on any atom is -0.484 e. The fraction of sp³-hybridized carbons (Fsp3) is 0.400. The van der Waals surface area contributed by atoms with Gasteiger partial charge in [-0.3, -0.25) is 19.9 Å². The molecule has 1 aliphatic heterocycles. The van der Waals surface area contributed by atoms with Crippen LogP contribution >= 0.6 is 12.4 Å². The van der Waals surface area contributed by atoms with Gasteiger partial charge < -0.3 is 15.0 Å². The molecule has 1 saturated heterocycles. The molecule has 29 heavy (non-hydrogen) atoms. The Morgan fingerprint density at radius 1 is 1.21 bits per heavy atom. The molecule has 1 aromatic heterocycles. The zero-order valence-corrected chi connectivity index (χ0v) is 16.8. The highest BCUT2D eigenvalue weighted by Gasteiger charge is 2.25. The maximum Gasteiger partial charge on any atom is 0.269 e. The summed E-state index contributed by atoms with van der Waals surface area (Å²) < 4.78 is 5.59. The number of amides is 1. The summed E-state index contributed by atoms with van der Waals surface area (Å²) in [6.07, 6.45) is 4.55. The van der Waals surface area contributed by atoms with Crippen LogP contribution in [0.15, 0.2) is 48.7 Å². The molecule has 3 rings (SSSR count). The lowest BCUT2D eigenvalue weighted by molar-refractivity contribution is -0.384. The molecule has 2 heterocycles. The van der Waals surface area contributed by atoms with Gasteiger partial charge in [-0.15, -0.1) is 12.4 Å². The number of carbonyl (C=O) groups excluding carboxylic acids is 1. The summed E-state index contributed by atoms with van der Waals surface area (Å²) in [4.78, 5) is 29.4. The molecule has 0 saturated carbocycles. The van der Waals surface area contributed by atoms with E-state index < -0.39 is 4.92 Å². The molecular formula is C20H25ClN4O4. The highest BCUT2D eigenvalue weighted by Crippen LogP contribution is 2.19. The van der Waals surface area contributed by atoms with Crippen molar-refractivity contribution in [1.29, 1.82) is 0 Å². The Morgan fingerprint density at radius 2 is 2.00 bits per heavy atom. The lowest BCUT2D eigenvalue weighted by Crippen LogP contribution is -2.43. The Balaban J connectivity index is 0.00000300. The van der Waals surface area contributed by atoms with Crippen LogP contribution in [0, 0.1) is 10.1 Å². The second-order valence-corrected chi connectivity index (χ2v) is 6.72. The summed E-state index contributed by atoms with van der Waals surface area (Å²) in [5.74, 6) is 0.315. The predicted molar refractivity (Wildman–Crippen MR) is 111 cm³/mol. The number of nitro benzene ring substituents is 1. The highest BCUT2D eigenvalue weighted by atomic mass is 35.5. The number of halogens is 1. The van der Waals surface area contributed by atoms with Crippen LogP contribution in [-0.2, 0) is 11.3 Å². The number of carbonyl (C=O) groups is 1. The van der Waals surface area contributed by atoms with Crippen LogP contribution in [0.2, 0.25) is 0 Å². The SMILES string of the molecule is Cl.O=C(COc1ccc([N+](=O)[O-])cc1)N(Cc1ccccn1)C1CCCNCC1. The molecule has 8 nitrogen and oxygen atoms in total. The van der Waals surface area contributed by atoms with Gasteiger partial charge in [0.15, 0.2) is 6.61 Å². The number of benzene rings is 1. The number of aromatic nitrogens is 1. The van der Waals surface area contributed by atoms with Crippen LogP contribution in [0.3, 0.4) is 0 Å². The van der Waals surface area contributed by atoms with Gasteiger partial charge in [-0.05, 0) is 56.6 Å². The molecule has 1 fully saturated rings. The maximum atomic E-state index is 13.0. The highest BCUT2D eigenvalue weighted by molar-refractivity contribution is 5.85. The van der Waals surface area contributed by atoms with Crippen molar-refractivity contribution in [2.45, 2.75) is 31.8 Å². The molecule has 1 atom stereocenters. The molecule has 2 aromatic rings. The van der Waals surface area contributed by atoms with E-state index in [1.54, 1.807) is 6.20 Å². The maximum absolute atomic E-state index is 13.0. The van der Waals surface area contributed by atoms with E-state index in [2.05, 4.69) is 10.3 Å². The van der Waals surface area contributed by atoms with Gasteiger partial charge in [0.05, 0.1) is 17.2 Å². The average molecular weight is 421 g/mol. The molecular weight excluding hydrogens is 396 g/mol. The molecule has 1 N–H and O–H groups in total. The Hall–Kier alpha value is -2.71. The van der Waals surface area contributed by atoms with Crippen molar-refractivity contribution in [3.63, 3.8) is 0 Å². The Bertz CT molecular complexity index is 781. The second kappa shape index (κ2) is 11.3. The van der Waals surface area contributed by atoms with Crippen LogP contribution in [0.25, 0.3) is 0 Å². The van der Waals surface area contributed by atoms with E-state index in [4.69, 9.17) is 4.74 Å². The largest absolute Gasteiger partial charge is 0.484 e. The molecule has 1 amide bonds.